The summed E-state index contributed by atoms with van der Waals surface area (Å²) in [6.45, 7) is 4.23. The molecule has 2 aliphatic rings. The Morgan fingerprint density at radius 1 is 1.16 bits per heavy atom. The first-order valence-electron chi connectivity index (χ1n) is 6.79. The number of ether oxygens (including phenoxy) is 1. The maximum atomic E-state index is 12.1. The maximum Gasteiger partial charge on any atom is 0.162 e. The molecule has 0 spiro atoms. The van der Waals surface area contributed by atoms with Gasteiger partial charge in [-0.05, 0) is 18.1 Å². The smallest absolute Gasteiger partial charge is 0.162 e. The predicted molar refractivity (Wildman–Crippen MR) is 76.8 cm³/mol. The molecule has 0 amide bonds. The number of benzene rings is 1. The van der Waals surface area contributed by atoms with Gasteiger partial charge in [-0.15, -0.1) is 0 Å². The van der Waals surface area contributed by atoms with E-state index in [1.165, 1.54) is 4.90 Å². The fourth-order valence-electron chi connectivity index (χ4n) is 2.84. The van der Waals surface area contributed by atoms with Crippen LogP contribution in [-0.2, 0) is 9.53 Å². The summed E-state index contributed by atoms with van der Waals surface area (Å²) in [5.74, 6) is 1.85. The average molecular weight is 274 g/mol. The minimum Gasteiger partial charge on any atom is -0.483 e. The zero-order valence-electron chi connectivity index (χ0n) is 11.3. The summed E-state index contributed by atoms with van der Waals surface area (Å²) in [7, 11) is 0. The summed E-state index contributed by atoms with van der Waals surface area (Å²) in [6, 6.07) is 10.2. The molecule has 3 atom stereocenters. The van der Waals surface area contributed by atoms with Crippen LogP contribution in [0.25, 0.3) is 0 Å². The second kappa shape index (κ2) is 5.04. The molecule has 3 heteroatoms. The van der Waals surface area contributed by atoms with Gasteiger partial charge < -0.3 is 4.74 Å². The highest BCUT2D eigenvalue weighted by Gasteiger charge is 2.40. The third-order valence-electron chi connectivity index (χ3n) is 3.79. The van der Waals surface area contributed by atoms with Crippen LogP contribution in [0.5, 0.6) is 0 Å². The highest BCUT2D eigenvalue weighted by Crippen LogP contribution is 2.45. The Labute approximate surface area is 118 Å². The van der Waals surface area contributed by atoms with Gasteiger partial charge in [-0.2, -0.15) is 0 Å². The van der Waals surface area contributed by atoms with E-state index in [1.54, 1.807) is 11.8 Å². The van der Waals surface area contributed by atoms with Crippen LogP contribution in [0.4, 0.5) is 0 Å². The van der Waals surface area contributed by atoms with Crippen LogP contribution in [0.15, 0.2) is 46.6 Å². The SMILES string of the molecule is CC1CC(=O)C2=C(C1)O[C@H](Sc1ccccc1)[C@H]2C. The number of carbonyl (C=O) groups is 1. The largest absolute Gasteiger partial charge is 0.483 e. The molecule has 0 radical (unpaired) electrons. The first kappa shape index (κ1) is 12.8. The monoisotopic (exact) mass is 274 g/mol. The van der Waals surface area contributed by atoms with Crippen LogP contribution >= 0.6 is 11.8 Å². The quantitative estimate of drug-likeness (QED) is 0.814. The van der Waals surface area contributed by atoms with Crippen molar-refractivity contribution in [3.8, 4) is 0 Å². The molecule has 0 bridgehead atoms. The Morgan fingerprint density at radius 2 is 1.89 bits per heavy atom. The van der Waals surface area contributed by atoms with E-state index in [9.17, 15) is 4.79 Å². The van der Waals surface area contributed by atoms with E-state index in [2.05, 4.69) is 26.0 Å². The van der Waals surface area contributed by atoms with Crippen molar-refractivity contribution in [1.82, 2.24) is 0 Å². The van der Waals surface area contributed by atoms with Crippen molar-refractivity contribution in [3.63, 3.8) is 0 Å². The van der Waals surface area contributed by atoms with Gasteiger partial charge in [0.05, 0.1) is 0 Å². The van der Waals surface area contributed by atoms with Gasteiger partial charge in [-0.1, -0.05) is 43.8 Å². The number of hydrogen-bond donors (Lipinski definition) is 0. The van der Waals surface area contributed by atoms with Crippen LogP contribution in [0.3, 0.4) is 0 Å². The van der Waals surface area contributed by atoms with E-state index in [-0.39, 0.29) is 17.1 Å². The van der Waals surface area contributed by atoms with Crippen molar-refractivity contribution in [1.29, 1.82) is 0 Å². The number of ketones is 1. The van der Waals surface area contributed by atoms with Gasteiger partial charge in [0.15, 0.2) is 11.2 Å². The summed E-state index contributed by atoms with van der Waals surface area (Å²) in [6.07, 6.45) is 1.59. The molecule has 19 heavy (non-hydrogen) atoms. The molecule has 0 aromatic heterocycles. The Morgan fingerprint density at radius 3 is 2.63 bits per heavy atom. The molecule has 0 saturated carbocycles. The second-order valence-electron chi connectivity index (χ2n) is 5.48. The third-order valence-corrected chi connectivity index (χ3v) is 5.07. The summed E-state index contributed by atoms with van der Waals surface area (Å²) < 4.78 is 6.04. The van der Waals surface area contributed by atoms with Crippen LogP contribution in [0.1, 0.15) is 26.7 Å². The lowest BCUT2D eigenvalue weighted by molar-refractivity contribution is -0.117. The van der Waals surface area contributed by atoms with Gasteiger partial charge in [-0.25, -0.2) is 0 Å². The van der Waals surface area contributed by atoms with E-state index in [4.69, 9.17) is 4.74 Å². The molecule has 0 saturated heterocycles. The Kier molecular flexibility index (Phi) is 3.40. The molecule has 1 heterocycles. The average Bonchev–Trinajstić information content (AvgIpc) is 2.67. The Bertz CT molecular complexity index is 521. The highest BCUT2D eigenvalue weighted by atomic mass is 32.2. The Hall–Kier alpha value is -1.22. The molecule has 1 unspecified atom stereocenters. The van der Waals surface area contributed by atoms with Crippen molar-refractivity contribution in [2.45, 2.75) is 37.0 Å². The molecular formula is C16H18O2S. The van der Waals surface area contributed by atoms with Gasteiger partial charge in [0.25, 0.3) is 0 Å². The van der Waals surface area contributed by atoms with Crippen molar-refractivity contribution in [3.05, 3.63) is 41.7 Å². The zero-order chi connectivity index (χ0) is 13.4. The van der Waals surface area contributed by atoms with E-state index in [0.29, 0.717) is 12.3 Å². The van der Waals surface area contributed by atoms with Crippen LogP contribution < -0.4 is 0 Å². The fourth-order valence-corrected chi connectivity index (χ4v) is 3.92. The first-order chi connectivity index (χ1) is 9.15. The fraction of sp³-hybridized carbons (Fsp3) is 0.438. The van der Waals surface area contributed by atoms with E-state index in [1.807, 2.05) is 18.2 Å². The lowest BCUT2D eigenvalue weighted by Crippen LogP contribution is -2.19. The van der Waals surface area contributed by atoms with Crippen molar-refractivity contribution in [2.75, 3.05) is 0 Å². The van der Waals surface area contributed by atoms with E-state index >= 15 is 0 Å². The van der Waals surface area contributed by atoms with Crippen molar-refractivity contribution < 1.29 is 9.53 Å². The van der Waals surface area contributed by atoms with Gasteiger partial charge in [0.2, 0.25) is 0 Å². The summed E-state index contributed by atoms with van der Waals surface area (Å²) in [5, 5.41) is 0. The van der Waals surface area contributed by atoms with Crippen LogP contribution in [-0.4, -0.2) is 11.2 Å². The van der Waals surface area contributed by atoms with Crippen LogP contribution in [0.2, 0.25) is 0 Å². The molecule has 100 valence electrons. The minimum atomic E-state index is 0.0432. The molecule has 1 aliphatic carbocycles. The minimum absolute atomic E-state index is 0.0432. The molecule has 0 N–H and O–H groups in total. The summed E-state index contributed by atoms with van der Waals surface area (Å²) in [4.78, 5) is 13.3. The maximum absolute atomic E-state index is 12.1. The third kappa shape index (κ3) is 2.44. The van der Waals surface area contributed by atoms with Crippen molar-refractivity contribution in [2.24, 2.45) is 11.8 Å². The predicted octanol–water partition coefficient (Wildman–Crippen LogP) is 4.02. The molecule has 1 aliphatic heterocycles. The number of hydrogen-bond acceptors (Lipinski definition) is 3. The summed E-state index contributed by atoms with van der Waals surface area (Å²) >= 11 is 1.71. The molecular weight excluding hydrogens is 256 g/mol. The topological polar surface area (TPSA) is 26.3 Å². The van der Waals surface area contributed by atoms with Gasteiger partial charge in [0.1, 0.15) is 5.76 Å². The molecule has 0 fully saturated rings. The van der Waals surface area contributed by atoms with Crippen molar-refractivity contribution >= 4 is 17.5 Å². The number of Topliss-reactive ketones (excluding diaryl/α,β-unsaturated/α-hetero) is 1. The molecule has 1 aromatic carbocycles. The number of thioether (sulfide) groups is 1. The lowest BCUT2D eigenvalue weighted by atomic mass is 9.85. The Balaban J connectivity index is 1.77. The lowest BCUT2D eigenvalue weighted by Gasteiger charge is -2.18. The number of allylic oxidation sites excluding steroid dienone is 1. The standard InChI is InChI=1S/C16H18O2S/c1-10-8-13(17)15-11(2)16(18-14(15)9-10)19-12-6-4-3-5-7-12/h3-7,10-11,16H,8-9H2,1-2H3/t10?,11-,16+/m0/s1. The highest BCUT2D eigenvalue weighted by molar-refractivity contribution is 7.99. The normalized spacial score (nSPS) is 30.2. The molecule has 2 nitrogen and oxygen atoms in total. The first-order valence-corrected chi connectivity index (χ1v) is 7.67. The number of rotatable bonds is 2. The van der Waals surface area contributed by atoms with Gasteiger partial charge >= 0.3 is 0 Å². The van der Waals surface area contributed by atoms with Crippen LogP contribution in [0, 0.1) is 11.8 Å². The summed E-state index contributed by atoms with van der Waals surface area (Å²) in [5.41, 5.74) is 0.994. The van der Waals surface area contributed by atoms with E-state index in [0.717, 1.165) is 17.8 Å². The number of carbonyl (C=O) groups excluding carboxylic acids is 1. The molecule has 1 aromatic rings. The van der Waals surface area contributed by atoms with Gasteiger partial charge in [0, 0.05) is 29.2 Å². The molecule has 3 rings (SSSR count). The zero-order valence-corrected chi connectivity index (χ0v) is 12.1. The van der Waals surface area contributed by atoms with E-state index < -0.39 is 0 Å². The second-order valence-corrected chi connectivity index (χ2v) is 6.65. The van der Waals surface area contributed by atoms with Gasteiger partial charge in [-0.3, -0.25) is 4.79 Å².